The van der Waals surface area contributed by atoms with E-state index in [1.807, 2.05) is 54.6 Å². The van der Waals surface area contributed by atoms with Crippen molar-refractivity contribution >= 4 is 29.5 Å². The maximum atomic E-state index is 14.4. The van der Waals surface area contributed by atoms with Gasteiger partial charge in [0.1, 0.15) is 23.1 Å². The third-order valence-corrected chi connectivity index (χ3v) is 7.87. The quantitative estimate of drug-likeness (QED) is 0.487. The zero-order valence-electron chi connectivity index (χ0n) is 25.0. The molecule has 10 nitrogen and oxygen atoms in total. The Bertz CT molecular complexity index is 1400. The van der Waals surface area contributed by atoms with Gasteiger partial charge in [0, 0.05) is 25.7 Å². The van der Waals surface area contributed by atoms with Crippen LogP contribution >= 0.6 is 0 Å². The highest BCUT2D eigenvalue weighted by Crippen LogP contribution is 2.46. The first-order valence-electron chi connectivity index (χ1n) is 14.2. The molecule has 42 heavy (non-hydrogen) atoms. The molecule has 4 rings (SSSR count). The molecule has 2 aliphatic heterocycles. The number of alkyl carbamates (subject to hydrolysis) is 1. The standard InChI is InChI=1S/C32H39N5O5/c1-20(2)26(35-30(41)42-31(3,4)5)28(39)36(7)24(17-21-13-9-8-10-14-21)27(38)37-19-32(18-25(37)33-6)22-15-11-12-16-23(22)34-29(32)40/h8-16,20,24-26H,17-19H2,1-5,7H3,(H,34,40)(H,35,41)/t24-,25-,26-,32-/m0/s1. The molecule has 2 aromatic rings. The summed E-state index contributed by atoms with van der Waals surface area (Å²) in [4.78, 5) is 60.7. The van der Waals surface area contributed by atoms with Gasteiger partial charge >= 0.3 is 12.3 Å². The Morgan fingerprint density at radius 2 is 1.79 bits per heavy atom. The van der Waals surface area contributed by atoms with Crippen LogP contribution in [0.1, 0.15) is 52.2 Å². The molecular formula is C32H39N5O5. The van der Waals surface area contributed by atoms with Crippen molar-refractivity contribution in [2.75, 3.05) is 18.9 Å². The van der Waals surface area contributed by atoms with Crippen molar-refractivity contribution in [2.45, 2.75) is 76.7 Å². The molecule has 222 valence electrons. The number of carbonyl (C=O) groups is 4. The molecular weight excluding hydrogens is 534 g/mol. The molecule has 2 heterocycles. The number of nitrogens with one attached hydrogen (secondary N) is 2. The largest absolute Gasteiger partial charge is 0.444 e. The second kappa shape index (κ2) is 11.8. The molecule has 4 amide bonds. The lowest BCUT2D eigenvalue weighted by Gasteiger charge is -2.34. The maximum absolute atomic E-state index is 14.4. The molecule has 0 bridgehead atoms. The van der Waals surface area contributed by atoms with Gasteiger partial charge in [0.05, 0.1) is 6.42 Å². The van der Waals surface area contributed by atoms with Gasteiger partial charge in [-0.15, -0.1) is 0 Å². The molecule has 10 heteroatoms. The molecule has 1 saturated heterocycles. The Morgan fingerprint density at radius 1 is 1.14 bits per heavy atom. The van der Waals surface area contributed by atoms with Crippen molar-refractivity contribution in [3.63, 3.8) is 0 Å². The van der Waals surface area contributed by atoms with Gasteiger partial charge in [-0.1, -0.05) is 62.4 Å². The average molecular weight is 574 g/mol. The Labute approximate surface area is 247 Å². The van der Waals surface area contributed by atoms with Gasteiger partial charge in [-0.05, 0) is 43.9 Å². The summed E-state index contributed by atoms with van der Waals surface area (Å²) in [6.45, 7) is 16.7. The number of para-hydroxylation sites is 1. The Kier molecular flexibility index (Phi) is 8.62. The van der Waals surface area contributed by atoms with Crippen molar-refractivity contribution < 1.29 is 23.9 Å². The second-order valence-corrected chi connectivity index (χ2v) is 12.4. The molecule has 1 fully saturated rings. The molecule has 1 spiro atoms. The number of hydrogen-bond donors (Lipinski definition) is 2. The minimum Gasteiger partial charge on any atom is -0.444 e. The highest BCUT2D eigenvalue weighted by atomic mass is 16.6. The Morgan fingerprint density at radius 3 is 2.40 bits per heavy atom. The normalized spacial score (nSPS) is 20.9. The zero-order valence-corrected chi connectivity index (χ0v) is 25.0. The number of benzene rings is 2. The zero-order chi connectivity index (χ0) is 30.8. The summed E-state index contributed by atoms with van der Waals surface area (Å²) in [6.07, 6.45) is -1.25. The minimum atomic E-state index is -1.04. The first kappa shape index (κ1) is 30.6. The SMILES string of the molecule is [C-]#[N+][C@@H]1C[C@@]2(CN1C(=O)[C@H](Cc1ccccc1)N(C)C(=O)[C@@H](NC(=O)OC(C)(C)C)C(C)C)C(=O)Nc1ccccc12. The molecule has 0 aromatic heterocycles. The van der Waals surface area contributed by atoms with Crippen LogP contribution in [0.2, 0.25) is 0 Å². The van der Waals surface area contributed by atoms with Crippen LogP contribution in [0, 0.1) is 12.5 Å². The minimum absolute atomic E-state index is 0.0266. The molecule has 2 aromatic carbocycles. The molecule has 0 unspecified atom stereocenters. The van der Waals surface area contributed by atoms with Crippen LogP contribution in [0.15, 0.2) is 54.6 Å². The maximum Gasteiger partial charge on any atom is 0.408 e. The monoisotopic (exact) mass is 573 g/mol. The van der Waals surface area contributed by atoms with Gasteiger partial charge < -0.3 is 20.3 Å². The fourth-order valence-corrected chi connectivity index (χ4v) is 5.70. The van der Waals surface area contributed by atoms with Gasteiger partial charge in [-0.2, -0.15) is 0 Å². The van der Waals surface area contributed by atoms with E-state index in [4.69, 9.17) is 11.3 Å². The lowest BCUT2D eigenvalue weighted by atomic mass is 9.80. The number of fused-ring (bicyclic) bond motifs is 2. The van der Waals surface area contributed by atoms with Crippen LogP contribution < -0.4 is 10.6 Å². The summed E-state index contributed by atoms with van der Waals surface area (Å²) in [5, 5.41) is 5.59. The van der Waals surface area contributed by atoms with Crippen LogP contribution in [0.3, 0.4) is 0 Å². The number of anilines is 1. The van der Waals surface area contributed by atoms with E-state index in [0.29, 0.717) is 5.69 Å². The van der Waals surface area contributed by atoms with Crippen molar-refractivity contribution in [3.05, 3.63) is 77.1 Å². The van der Waals surface area contributed by atoms with Crippen molar-refractivity contribution in [1.29, 1.82) is 0 Å². The van der Waals surface area contributed by atoms with Crippen molar-refractivity contribution in [3.8, 4) is 0 Å². The van der Waals surface area contributed by atoms with Crippen LogP contribution in [0.5, 0.6) is 0 Å². The number of carbonyl (C=O) groups excluding carboxylic acids is 4. The summed E-state index contributed by atoms with van der Waals surface area (Å²) < 4.78 is 5.39. The topological polar surface area (TPSA) is 112 Å². The van der Waals surface area contributed by atoms with E-state index in [2.05, 4.69) is 15.5 Å². The predicted molar refractivity (Wildman–Crippen MR) is 158 cm³/mol. The Balaban J connectivity index is 1.66. The van der Waals surface area contributed by atoms with E-state index in [-0.39, 0.29) is 31.2 Å². The summed E-state index contributed by atoms with van der Waals surface area (Å²) in [5.74, 6) is -1.42. The predicted octanol–water partition coefficient (Wildman–Crippen LogP) is 3.97. The highest BCUT2D eigenvalue weighted by molar-refractivity contribution is 6.07. The van der Waals surface area contributed by atoms with Crippen LogP contribution in [-0.4, -0.2) is 71.1 Å². The smallest absolute Gasteiger partial charge is 0.408 e. The number of amides is 4. The molecule has 2 N–H and O–H groups in total. The van der Waals surface area contributed by atoms with E-state index >= 15 is 0 Å². The van der Waals surface area contributed by atoms with E-state index < -0.39 is 47.2 Å². The van der Waals surface area contributed by atoms with Gasteiger partial charge in [-0.3, -0.25) is 24.1 Å². The van der Waals surface area contributed by atoms with Gasteiger partial charge in [-0.25, -0.2) is 11.4 Å². The van der Waals surface area contributed by atoms with E-state index in [0.717, 1.165) is 11.1 Å². The molecule has 0 aliphatic carbocycles. The van der Waals surface area contributed by atoms with Crippen LogP contribution in [-0.2, 0) is 31.0 Å². The highest BCUT2D eigenvalue weighted by Gasteiger charge is 2.59. The van der Waals surface area contributed by atoms with Crippen molar-refractivity contribution in [1.82, 2.24) is 15.1 Å². The van der Waals surface area contributed by atoms with Gasteiger partial charge in [0.2, 0.25) is 11.8 Å². The third kappa shape index (κ3) is 6.10. The molecule has 0 saturated carbocycles. The van der Waals surface area contributed by atoms with Gasteiger partial charge in [0.25, 0.3) is 5.91 Å². The molecule has 2 aliphatic rings. The number of likely N-dealkylation sites (N-methyl/N-ethyl adjacent to an activating group) is 1. The number of rotatable bonds is 7. The molecule has 0 radical (unpaired) electrons. The summed E-state index contributed by atoms with van der Waals surface area (Å²) in [7, 11) is 1.54. The van der Waals surface area contributed by atoms with Crippen LogP contribution in [0.25, 0.3) is 4.85 Å². The number of nitrogens with zero attached hydrogens (tertiary/aromatic N) is 3. The summed E-state index contributed by atoms with van der Waals surface area (Å²) in [6, 6.07) is 14.7. The fourth-order valence-electron chi connectivity index (χ4n) is 5.70. The second-order valence-electron chi connectivity index (χ2n) is 12.4. The van der Waals surface area contributed by atoms with E-state index in [9.17, 15) is 19.2 Å². The lowest BCUT2D eigenvalue weighted by Crippen LogP contribution is -2.58. The first-order chi connectivity index (χ1) is 19.8. The fraction of sp³-hybridized carbons (Fsp3) is 0.469. The number of hydrogen-bond acceptors (Lipinski definition) is 5. The third-order valence-electron chi connectivity index (χ3n) is 7.87. The lowest BCUT2D eigenvalue weighted by molar-refractivity contribution is -0.146. The summed E-state index contributed by atoms with van der Waals surface area (Å²) >= 11 is 0. The van der Waals surface area contributed by atoms with Gasteiger partial charge in [0.15, 0.2) is 0 Å². The van der Waals surface area contributed by atoms with Crippen LogP contribution in [0.4, 0.5) is 10.5 Å². The van der Waals surface area contributed by atoms with E-state index in [1.165, 1.54) is 16.8 Å². The van der Waals surface area contributed by atoms with Crippen molar-refractivity contribution in [2.24, 2.45) is 5.92 Å². The Hall–Kier alpha value is -4.39. The molecule has 4 atom stereocenters. The number of likely N-dealkylation sites (tertiary alicyclic amines) is 1. The summed E-state index contributed by atoms with van der Waals surface area (Å²) in [5.41, 5.74) is 0.484. The van der Waals surface area contributed by atoms with E-state index in [1.54, 1.807) is 34.6 Å². The first-order valence-corrected chi connectivity index (χ1v) is 14.2. The number of ether oxygens (including phenoxy) is 1. The average Bonchev–Trinajstić information content (AvgIpc) is 3.46.